The van der Waals surface area contributed by atoms with Crippen LogP contribution in [0.25, 0.3) is 0 Å². The topological polar surface area (TPSA) is 82.5 Å². The number of nitrogens with zero attached hydrogens (tertiary/aromatic N) is 2. The van der Waals surface area contributed by atoms with Crippen molar-refractivity contribution in [1.29, 1.82) is 0 Å². The van der Waals surface area contributed by atoms with Gasteiger partial charge in [0.2, 0.25) is 5.91 Å². The van der Waals surface area contributed by atoms with Gasteiger partial charge in [0.25, 0.3) is 0 Å². The third kappa shape index (κ3) is 6.54. The predicted octanol–water partition coefficient (Wildman–Crippen LogP) is 4.65. The number of thioether (sulfide) groups is 2. The third-order valence-corrected chi connectivity index (χ3v) is 7.04. The van der Waals surface area contributed by atoms with E-state index in [0.29, 0.717) is 41.7 Å². The first-order chi connectivity index (χ1) is 14.2. The standard InChI is InChI=1S/C18H18F3N3O3S3/c19-18(20,21)30-13-3-1-2-11(8-13)22-9-12-4-5-15(25)24(12)6-7-28-17-23-14(10-29-17)16(26)27/h1-3,8,10,12,22H,4-7,9H2,(H,26,27)/t12-/m1/s1. The molecule has 1 atom stereocenters. The summed E-state index contributed by atoms with van der Waals surface area (Å²) < 4.78 is 38.3. The summed E-state index contributed by atoms with van der Waals surface area (Å²) in [5.74, 6) is -0.460. The number of nitrogens with one attached hydrogen (secondary N) is 1. The Labute approximate surface area is 183 Å². The smallest absolute Gasteiger partial charge is 0.446 e. The van der Waals surface area contributed by atoms with Crippen molar-refractivity contribution in [2.45, 2.75) is 33.6 Å². The third-order valence-electron chi connectivity index (χ3n) is 4.32. The van der Waals surface area contributed by atoms with Crippen molar-refractivity contribution in [2.24, 2.45) is 0 Å². The number of carboxylic acids is 1. The van der Waals surface area contributed by atoms with E-state index < -0.39 is 11.5 Å². The summed E-state index contributed by atoms with van der Waals surface area (Å²) in [6.07, 6.45) is 1.11. The molecule has 1 saturated heterocycles. The molecule has 6 nitrogen and oxygen atoms in total. The van der Waals surface area contributed by atoms with Gasteiger partial charge < -0.3 is 15.3 Å². The number of hydrogen-bond donors (Lipinski definition) is 2. The van der Waals surface area contributed by atoms with Gasteiger partial charge in [-0.1, -0.05) is 17.8 Å². The lowest BCUT2D eigenvalue weighted by molar-refractivity contribution is -0.128. The molecule has 1 aromatic heterocycles. The second-order valence-corrected chi connectivity index (χ2v) is 9.73. The van der Waals surface area contributed by atoms with Crippen molar-refractivity contribution in [3.63, 3.8) is 0 Å². The van der Waals surface area contributed by atoms with E-state index in [0.717, 1.165) is 0 Å². The summed E-state index contributed by atoms with van der Waals surface area (Å²) in [4.78, 5) is 29.0. The number of rotatable bonds is 9. The van der Waals surface area contributed by atoms with Crippen LogP contribution in [0.3, 0.4) is 0 Å². The van der Waals surface area contributed by atoms with E-state index >= 15 is 0 Å². The molecule has 2 N–H and O–H groups in total. The molecular formula is C18H18F3N3O3S3. The molecule has 0 aliphatic carbocycles. The molecule has 0 saturated carbocycles. The fourth-order valence-electron chi connectivity index (χ4n) is 3.00. The van der Waals surface area contributed by atoms with Crippen LogP contribution in [0, 0.1) is 0 Å². The first-order valence-electron chi connectivity index (χ1n) is 8.92. The van der Waals surface area contributed by atoms with Crippen molar-refractivity contribution in [2.75, 3.05) is 24.2 Å². The van der Waals surface area contributed by atoms with Crippen LogP contribution in [0.1, 0.15) is 23.3 Å². The molecule has 1 aliphatic rings. The lowest BCUT2D eigenvalue weighted by Crippen LogP contribution is -2.39. The molecular weight excluding hydrogens is 459 g/mol. The first-order valence-corrected chi connectivity index (χ1v) is 11.6. The van der Waals surface area contributed by atoms with E-state index in [2.05, 4.69) is 10.3 Å². The number of carbonyl (C=O) groups excluding carboxylic acids is 1. The summed E-state index contributed by atoms with van der Waals surface area (Å²) in [5.41, 5.74) is -3.76. The van der Waals surface area contributed by atoms with E-state index in [1.165, 1.54) is 40.6 Å². The maximum atomic E-state index is 12.5. The summed E-state index contributed by atoms with van der Waals surface area (Å²) >= 11 is 2.48. The van der Waals surface area contributed by atoms with Crippen LogP contribution in [-0.4, -0.2) is 57.3 Å². The molecule has 0 radical (unpaired) electrons. The minimum absolute atomic E-state index is 0.00717. The van der Waals surface area contributed by atoms with Gasteiger partial charge in [0, 0.05) is 47.3 Å². The number of halogens is 3. The lowest BCUT2D eigenvalue weighted by atomic mass is 10.2. The van der Waals surface area contributed by atoms with Crippen molar-refractivity contribution in [3.8, 4) is 0 Å². The average molecular weight is 478 g/mol. The van der Waals surface area contributed by atoms with Crippen molar-refractivity contribution in [3.05, 3.63) is 35.3 Å². The number of aromatic nitrogens is 1. The second kappa shape index (κ2) is 9.92. The SMILES string of the molecule is O=C(O)c1csc(SCCN2C(=O)CC[C@@H]2CNc2cccc(SC(F)(F)F)c2)n1. The van der Waals surface area contributed by atoms with Crippen LogP contribution < -0.4 is 5.32 Å². The van der Waals surface area contributed by atoms with Crippen LogP contribution in [0.5, 0.6) is 0 Å². The van der Waals surface area contributed by atoms with Crippen LogP contribution >= 0.6 is 34.9 Å². The average Bonchev–Trinajstić information content (AvgIpc) is 3.27. The zero-order valence-corrected chi connectivity index (χ0v) is 18.0. The molecule has 1 aliphatic heterocycles. The first kappa shape index (κ1) is 22.8. The highest BCUT2D eigenvalue weighted by molar-refractivity contribution is 8.01. The molecule has 1 fully saturated rings. The largest absolute Gasteiger partial charge is 0.476 e. The normalized spacial score (nSPS) is 16.8. The predicted molar refractivity (Wildman–Crippen MR) is 111 cm³/mol. The number of aromatic carboxylic acids is 1. The monoisotopic (exact) mass is 477 g/mol. The number of likely N-dealkylation sites (tertiary alicyclic amines) is 1. The number of alkyl halides is 3. The number of anilines is 1. The molecule has 0 spiro atoms. The molecule has 12 heteroatoms. The number of benzene rings is 1. The molecule has 2 aromatic rings. The highest BCUT2D eigenvalue weighted by Gasteiger charge is 2.31. The van der Waals surface area contributed by atoms with Crippen LogP contribution in [-0.2, 0) is 4.79 Å². The van der Waals surface area contributed by atoms with Gasteiger partial charge in [-0.15, -0.1) is 11.3 Å². The molecule has 3 rings (SSSR count). The molecule has 0 bridgehead atoms. The molecule has 0 unspecified atom stereocenters. The summed E-state index contributed by atoms with van der Waals surface area (Å²) in [6, 6.07) is 6.05. The van der Waals surface area contributed by atoms with Crippen LogP contribution in [0.4, 0.5) is 18.9 Å². The van der Waals surface area contributed by atoms with Gasteiger partial charge >= 0.3 is 11.5 Å². The van der Waals surface area contributed by atoms with Crippen molar-refractivity contribution in [1.82, 2.24) is 9.88 Å². The maximum absolute atomic E-state index is 12.5. The van der Waals surface area contributed by atoms with E-state index in [1.807, 2.05) is 0 Å². The lowest BCUT2D eigenvalue weighted by Gasteiger charge is -2.25. The van der Waals surface area contributed by atoms with E-state index in [1.54, 1.807) is 17.0 Å². The van der Waals surface area contributed by atoms with Crippen molar-refractivity contribution >= 4 is 52.4 Å². The minimum atomic E-state index is -4.34. The Balaban J connectivity index is 1.51. The summed E-state index contributed by atoms with van der Waals surface area (Å²) in [6.45, 7) is 0.929. The van der Waals surface area contributed by atoms with Gasteiger partial charge in [-0.05, 0) is 36.4 Å². The van der Waals surface area contributed by atoms with Gasteiger partial charge in [0.15, 0.2) is 10.0 Å². The van der Waals surface area contributed by atoms with Crippen LogP contribution in [0.2, 0.25) is 0 Å². The van der Waals surface area contributed by atoms with Gasteiger partial charge in [0.05, 0.1) is 0 Å². The number of carboxylic acid groups (broad SMARTS) is 1. The fraction of sp³-hybridized carbons (Fsp3) is 0.389. The van der Waals surface area contributed by atoms with E-state index in [4.69, 9.17) is 5.11 Å². The van der Waals surface area contributed by atoms with E-state index in [-0.39, 0.29) is 34.3 Å². The van der Waals surface area contributed by atoms with Gasteiger partial charge in [-0.3, -0.25) is 4.79 Å². The summed E-state index contributed by atoms with van der Waals surface area (Å²) in [5, 5.41) is 13.5. The number of amides is 1. The van der Waals surface area contributed by atoms with Gasteiger partial charge in [-0.25, -0.2) is 9.78 Å². The van der Waals surface area contributed by atoms with Crippen LogP contribution in [0.15, 0.2) is 38.9 Å². The fourth-order valence-corrected chi connectivity index (χ4v) is 5.41. The molecule has 1 amide bonds. The van der Waals surface area contributed by atoms with Gasteiger partial charge in [0.1, 0.15) is 0 Å². The Hall–Kier alpha value is -1.92. The van der Waals surface area contributed by atoms with Crippen molar-refractivity contribution < 1.29 is 27.9 Å². The summed E-state index contributed by atoms with van der Waals surface area (Å²) in [7, 11) is 0. The Kier molecular flexibility index (Phi) is 7.53. The highest BCUT2D eigenvalue weighted by Crippen LogP contribution is 2.37. The quantitative estimate of drug-likeness (QED) is 0.509. The molecule has 2 heterocycles. The minimum Gasteiger partial charge on any atom is -0.476 e. The number of thiazole rings is 1. The van der Waals surface area contributed by atoms with E-state index in [9.17, 15) is 22.8 Å². The Morgan fingerprint density at radius 3 is 2.90 bits per heavy atom. The Morgan fingerprint density at radius 1 is 1.40 bits per heavy atom. The molecule has 1 aromatic carbocycles. The zero-order chi connectivity index (χ0) is 21.7. The molecule has 162 valence electrons. The van der Waals surface area contributed by atoms with Gasteiger partial charge in [-0.2, -0.15) is 13.2 Å². The molecule has 30 heavy (non-hydrogen) atoms. The Morgan fingerprint density at radius 2 is 2.20 bits per heavy atom. The second-order valence-electron chi connectivity index (χ2n) is 6.39. The zero-order valence-electron chi connectivity index (χ0n) is 15.5. The number of hydrogen-bond acceptors (Lipinski definition) is 7. The Bertz CT molecular complexity index is 907. The maximum Gasteiger partial charge on any atom is 0.446 e. The number of carbonyl (C=O) groups is 2. The highest BCUT2D eigenvalue weighted by atomic mass is 32.2.